The zero-order valence-corrected chi connectivity index (χ0v) is 15.5. The smallest absolute Gasteiger partial charge is 0.190 e. The van der Waals surface area contributed by atoms with Gasteiger partial charge in [0.15, 0.2) is 5.16 Å². The van der Waals surface area contributed by atoms with Gasteiger partial charge in [-0.2, -0.15) is 0 Å². The van der Waals surface area contributed by atoms with Crippen LogP contribution in [0.5, 0.6) is 5.75 Å². The molecule has 1 aromatic carbocycles. The van der Waals surface area contributed by atoms with Crippen molar-refractivity contribution in [3.05, 3.63) is 35.5 Å². The van der Waals surface area contributed by atoms with Crippen LogP contribution in [0.1, 0.15) is 6.92 Å². The van der Waals surface area contributed by atoms with E-state index in [0.29, 0.717) is 16.9 Å². The Labute approximate surface area is 152 Å². The van der Waals surface area contributed by atoms with Gasteiger partial charge in [-0.1, -0.05) is 35.5 Å². The first-order chi connectivity index (χ1) is 11.7. The lowest BCUT2D eigenvalue weighted by Crippen LogP contribution is -2.47. The van der Waals surface area contributed by atoms with Crippen LogP contribution in [-0.4, -0.2) is 49.0 Å². The molecule has 0 unspecified atom stereocenters. The van der Waals surface area contributed by atoms with Crippen LogP contribution in [0.2, 0.25) is 5.15 Å². The molecule has 1 aromatic heterocycles. The van der Waals surface area contributed by atoms with Crippen molar-refractivity contribution in [2.45, 2.75) is 12.1 Å². The summed E-state index contributed by atoms with van der Waals surface area (Å²) in [6.07, 6.45) is 1.96. The van der Waals surface area contributed by atoms with Crippen LogP contribution in [0.4, 0.5) is 11.5 Å². The topological polar surface area (TPSA) is 41.5 Å². The number of rotatable bonds is 5. The van der Waals surface area contributed by atoms with Gasteiger partial charge in [0, 0.05) is 32.2 Å². The SMILES string of the molecule is CCOc1ccccc1N1CCN(c2cc(Cl)nc(SC)n2)CC1. The highest BCUT2D eigenvalue weighted by atomic mass is 35.5. The van der Waals surface area contributed by atoms with Gasteiger partial charge in [-0.15, -0.1) is 0 Å². The fraction of sp³-hybridized carbons (Fsp3) is 0.412. The van der Waals surface area contributed by atoms with Gasteiger partial charge in [-0.3, -0.25) is 0 Å². The van der Waals surface area contributed by atoms with Crippen LogP contribution >= 0.6 is 23.4 Å². The Morgan fingerprint density at radius 1 is 1.12 bits per heavy atom. The highest BCUT2D eigenvalue weighted by molar-refractivity contribution is 7.98. The van der Waals surface area contributed by atoms with E-state index in [0.717, 1.165) is 43.4 Å². The van der Waals surface area contributed by atoms with Crippen LogP contribution in [-0.2, 0) is 0 Å². The number of aromatic nitrogens is 2. The van der Waals surface area contributed by atoms with Crippen LogP contribution in [0.25, 0.3) is 0 Å². The number of piperazine rings is 1. The molecule has 2 heterocycles. The third-order valence-corrected chi connectivity index (χ3v) is 4.69. The van der Waals surface area contributed by atoms with Crippen molar-refractivity contribution in [3.63, 3.8) is 0 Å². The monoisotopic (exact) mass is 364 g/mol. The number of halogens is 1. The third-order valence-electron chi connectivity index (χ3n) is 3.95. The van der Waals surface area contributed by atoms with Gasteiger partial charge in [0.2, 0.25) is 0 Å². The minimum Gasteiger partial charge on any atom is -0.492 e. The summed E-state index contributed by atoms with van der Waals surface area (Å²) in [6, 6.07) is 10.1. The number of anilines is 2. The maximum atomic E-state index is 6.11. The van der Waals surface area contributed by atoms with Crippen molar-refractivity contribution >= 4 is 34.9 Å². The predicted octanol–water partition coefficient (Wildman–Crippen LogP) is 3.58. The van der Waals surface area contributed by atoms with Crippen LogP contribution in [0.15, 0.2) is 35.5 Å². The maximum Gasteiger partial charge on any atom is 0.190 e. The lowest BCUT2D eigenvalue weighted by atomic mass is 10.2. The Balaban J connectivity index is 1.71. The van der Waals surface area contributed by atoms with Crippen molar-refractivity contribution in [2.24, 2.45) is 0 Å². The molecule has 0 aliphatic carbocycles. The molecule has 128 valence electrons. The van der Waals surface area contributed by atoms with Crippen molar-refractivity contribution < 1.29 is 4.74 Å². The summed E-state index contributed by atoms with van der Waals surface area (Å²) in [5, 5.41) is 1.20. The molecular weight excluding hydrogens is 344 g/mol. The van der Waals surface area contributed by atoms with Crippen LogP contribution < -0.4 is 14.5 Å². The lowest BCUT2D eigenvalue weighted by molar-refractivity contribution is 0.340. The highest BCUT2D eigenvalue weighted by Crippen LogP contribution is 2.30. The summed E-state index contributed by atoms with van der Waals surface area (Å²) in [7, 11) is 0. The van der Waals surface area contributed by atoms with E-state index in [1.165, 1.54) is 11.8 Å². The predicted molar refractivity (Wildman–Crippen MR) is 101 cm³/mol. The Bertz CT molecular complexity index is 692. The van der Waals surface area contributed by atoms with E-state index in [9.17, 15) is 0 Å². The number of thioether (sulfide) groups is 1. The summed E-state index contributed by atoms with van der Waals surface area (Å²) < 4.78 is 5.75. The maximum absolute atomic E-state index is 6.11. The summed E-state index contributed by atoms with van der Waals surface area (Å²) in [5.41, 5.74) is 1.16. The van der Waals surface area contributed by atoms with Gasteiger partial charge < -0.3 is 14.5 Å². The van der Waals surface area contributed by atoms with E-state index in [2.05, 4.69) is 31.9 Å². The number of ether oxygens (including phenoxy) is 1. The Morgan fingerprint density at radius 3 is 2.54 bits per heavy atom. The molecule has 3 rings (SSSR count). The van der Waals surface area contributed by atoms with E-state index in [4.69, 9.17) is 16.3 Å². The minimum absolute atomic E-state index is 0.494. The largest absolute Gasteiger partial charge is 0.492 e. The molecule has 1 aliphatic heterocycles. The van der Waals surface area contributed by atoms with E-state index in [1.807, 2.05) is 31.4 Å². The van der Waals surface area contributed by atoms with Crippen molar-refractivity contribution in [3.8, 4) is 5.75 Å². The molecule has 1 fully saturated rings. The number of nitrogens with zero attached hydrogens (tertiary/aromatic N) is 4. The first-order valence-electron chi connectivity index (χ1n) is 8.01. The summed E-state index contributed by atoms with van der Waals surface area (Å²) in [5.74, 6) is 1.85. The second-order valence-corrected chi connectivity index (χ2v) is 6.57. The quantitative estimate of drug-likeness (QED) is 0.459. The fourth-order valence-electron chi connectivity index (χ4n) is 2.81. The molecule has 0 amide bonds. The zero-order chi connectivity index (χ0) is 16.9. The standard InChI is InChI=1S/C17H21ClN4OS/c1-3-23-14-7-5-4-6-13(14)21-8-10-22(11-9-21)16-12-15(18)19-17(20-16)24-2/h4-7,12H,3,8-11H2,1-2H3. The lowest BCUT2D eigenvalue weighted by Gasteiger charge is -2.37. The summed E-state index contributed by atoms with van der Waals surface area (Å²) >= 11 is 7.62. The first-order valence-corrected chi connectivity index (χ1v) is 9.62. The summed E-state index contributed by atoms with van der Waals surface area (Å²) in [4.78, 5) is 13.4. The molecule has 1 saturated heterocycles. The molecule has 0 spiro atoms. The van der Waals surface area contributed by atoms with E-state index >= 15 is 0 Å². The Morgan fingerprint density at radius 2 is 1.83 bits per heavy atom. The highest BCUT2D eigenvalue weighted by Gasteiger charge is 2.21. The Kier molecular flexibility index (Phi) is 5.68. The molecule has 0 radical (unpaired) electrons. The van der Waals surface area contributed by atoms with Gasteiger partial charge in [-0.25, -0.2) is 9.97 Å². The molecule has 5 nitrogen and oxygen atoms in total. The second-order valence-electron chi connectivity index (χ2n) is 5.41. The van der Waals surface area contributed by atoms with Crippen molar-refractivity contribution in [1.82, 2.24) is 9.97 Å². The number of benzene rings is 1. The molecular formula is C17H21ClN4OS. The third kappa shape index (κ3) is 3.87. The fourth-order valence-corrected chi connectivity index (χ4v) is 3.41. The molecule has 2 aromatic rings. The minimum atomic E-state index is 0.494. The number of para-hydroxylation sites is 2. The van der Waals surface area contributed by atoms with Gasteiger partial charge in [0.25, 0.3) is 0 Å². The van der Waals surface area contributed by atoms with E-state index in [-0.39, 0.29) is 0 Å². The van der Waals surface area contributed by atoms with E-state index < -0.39 is 0 Å². The zero-order valence-electron chi connectivity index (χ0n) is 13.9. The normalized spacial score (nSPS) is 14.8. The van der Waals surface area contributed by atoms with Gasteiger partial charge in [-0.05, 0) is 25.3 Å². The van der Waals surface area contributed by atoms with Gasteiger partial charge in [0.1, 0.15) is 16.7 Å². The molecule has 1 aliphatic rings. The van der Waals surface area contributed by atoms with Crippen molar-refractivity contribution in [1.29, 1.82) is 0 Å². The van der Waals surface area contributed by atoms with Gasteiger partial charge >= 0.3 is 0 Å². The molecule has 0 bridgehead atoms. The Hall–Kier alpha value is -1.66. The molecule has 24 heavy (non-hydrogen) atoms. The molecule has 0 atom stereocenters. The number of hydrogen-bond donors (Lipinski definition) is 0. The van der Waals surface area contributed by atoms with Crippen molar-refractivity contribution in [2.75, 3.05) is 48.8 Å². The summed E-state index contributed by atoms with van der Waals surface area (Å²) in [6.45, 7) is 6.30. The average molecular weight is 365 g/mol. The van der Waals surface area contributed by atoms with Crippen LogP contribution in [0.3, 0.4) is 0 Å². The molecule has 0 saturated carbocycles. The van der Waals surface area contributed by atoms with Crippen LogP contribution in [0, 0.1) is 0 Å². The molecule has 0 N–H and O–H groups in total. The average Bonchev–Trinajstić information content (AvgIpc) is 2.62. The second kappa shape index (κ2) is 7.94. The first kappa shape index (κ1) is 17.2. The van der Waals surface area contributed by atoms with E-state index in [1.54, 1.807) is 0 Å². The van der Waals surface area contributed by atoms with Gasteiger partial charge in [0.05, 0.1) is 12.3 Å². The molecule has 7 heteroatoms. The number of hydrogen-bond acceptors (Lipinski definition) is 6.